The molecule has 5 aromatic rings. The summed E-state index contributed by atoms with van der Waals surface area (Å²) in [6, 6.07) is 30.0. The normalized spacial score (nSPS) is 14.9. The maximum Gasteiger partial charge on any atom is 0.344 e. The van der Waals surface area contributed by atoms with Crippen molar-refractivity contribution in [1.29, 1.82) is 0 Å². The minimum absolute atomic E-state index is 0.0862. The molecule has 0 N–H and O–H groups in total. The second-order valence-corrected chi connectivity index (χ2v) is 11.2. The molecule has 6 rings (SSSR count). The average Bonchev–Trinajstić information content (AvgIpc) is 3.42. The van der Waals surface area contributed by atoms with Crippen molar-refractivity contribution in [1.82, 2.24) is 0 Å². The molecule has 0 saturated heterocycles. The molecule has 4 heteroatoms. The number of carbonyl (C=O) groups excluding carboxylic acids is 1. The van der Waals surface area contributed by atoms with Gasteiger partial charge in [-0.3, -0.25) is 0 Å². The highest BCUT2D eigenvalue weighted by Crippen LogP contribution is 2.49. The molecule has 1 atom stereocenters. The molecule has 1 aromatic heterocycles. The zero-order chi connectivity index (χ0) is 23.9. The minimum atomic E-state index is -0.324. The Balaban J connectivity index is 1.25. The van der Waals surface area contributed by atoms with Crippen molar-refractivity contribution < 1.29 is 14.3 Å². The summed E-state index contributed by atoms with van der Waals surface area (Å²) in [5.41, 5.74) is 4.46. The lowest BCUT2D eigenvalue weighted by molar-refractivity contribution is -0.151. The molecule has 0 bridgehead atoms. The van der Waals surface area contributed by atoms with E-state index < -0.39 is 0 Å². The Kier molecular flexibility index (Phi) is 5.54. The summed E-state index contributed by atoms with van der Waals surface area (Å²) < 4.78 is 14.5. The maximum atomic E-state index is 12.6. The molecular formula is C31H27O3S+. The molecule has 0 spiro atoms. The lowest BCUT2D eigenvalue weighted by atomic mass is 10.1. The fourth-order valence-corrected chi connectivity index (χ4v) is 7.89. The number of ether oxygens (including phenoxy) is 2. The second-order valence-electron chi connectivity index (χ2n) is 9.19. The third kappa shape index (κ3) is 3.88. The molecule has 0 saturated carbocycles. The van der Waals surface area contributed by atoms with Gasteiger partial charge in [-0.2, -0.15) is 0 Å². The molecule has 4 aromatic carbocycles. The molecule has 174 valence electrons. The molecule has 35 heavy (non-hydrogen) atoms. The zero-order valence-electron chi connectivity index (χ0n) is 19.9. The maximum absolute atomic E-state index is 12.6. The van der Waals surface area contributed by atoms with Gasteiger partial charge in [-0.05, 0) is 73.2 Å². The Morgan fingerprint density at radius 1 is 0.857 bits per heavy atom. The van der Waals surface area contributed by atoms with Crippen molar-refractivity contribution in [2.75, 3.05) is 6.61 Å². The van der Waals surface area contributed by atoms with Crippen molar-refractivity contribution in [3.8, 4) is 10.6 Å². The summed E-state index contributed by atoms with van der Waals surface area (Å²) >= 11 is 0. The number of hydrogen-bond acceptors (Lipinski definition) is 3. The van der Waals surface area contributed by atoms with E-state index in [0.717, 1.165) is 35.3 Å². The van der Waals surface area contributed by atoms with Gasteiger partial charge in [-0.15, -0.1) is 0 Å². The molecule has 1 aliphatic rings. The van der Waals surface area contributed by atoms with Crippen LogP contribution >= 0.6 is 10.5 Å². The summed E-state index contributed by atoms with van der Waals surface area (Å²) in [5, 5.41) is 2.64. The highest BCUT2D eigenvalue weighted by atomic mass is 32.2. The van der Waals surface area contributed by atoms with Gasteiger partial charge in [-0.25, -0.2) is 4.79 Å². The fraction of sp³-hybridized carbons (Fsp3) is 0.194. The van der Waals surface area contributed by atoms with Crippen LogP contribution in [0, 0.1) is 13.8 Å². The topological polar surface area (TPSA) is 35.5 Å². The molecule has 3 nitrogen and oxygen atoms in total. The summed E-state index contributed by atoms with van der Waals surface area (Å²) in [5.74, 6) is 0.442. The molecule has 1 unspecified atom stereocenters. The lowest BCUT2D eigenvalue weighted by Gasteiger charge is -2.15. The first kappa shape index (κ1) is 21.9. The van der Waals surface area contributed by atoms with Crippen molar-refractivity contribution in [3.63, 3.8) is 0 Å². The van der Waals surface area contributed by atoms with Gasteiger partial charge in [0.1, 0.15) is 11.9 Å². The van der Waals surface area contributed by atoms with Crippen LogP contribution < -0.4 is 4.74 Å². The SMILES string of the molecule is Cc1cc(-[s+]2c3ccccc3c3ccccc32)cc(C)c1OCC(=O)OC1CCc2ccccc21. The monoisotopic (exact) mass is 479 g/mol. The van der Waals surface area contributed by atoms with Crippen molar-refractivity contribution in [3.05, 3.63) is 107 Å². The van der Waals surface area contributed by atoms with E-state index >= 15 is 0 Å². The van der Waals surface area contributed by atoms with Gasteiger partial charge in [0, 0.05) is 33.4 Å². The molecule has 0 radical (unpaired) electrons. The molecular weight excluding hydrogens is 452 g/mol. The van der Waals surface area contributed by atoms with Gasteiger partial charge in [-0.1, -0.05) is 48.5 Å². The molecule has 0 amide bonds. The number of carbonyl (C=O) groups is 1. The zero-order valence-corrected chi connectivity index (χ0v) is 20.7. The van der Waals surface area contributed by atoms with E-state index in [1.165, 1.54) is 30.6 Å². The average molecular weight is 480 g/mol. The first-order valence-electron chi connectivity index (χ1n) is 12.0. The van der Waals surface area contributed by atoms with Gasteiger partial charge >= 0.3 is 5.97 Å². The van der Waals surface area contributed by atoms with E-state index in [1.54, 1.807) is 0 Å². The van der Waals surface area contributed by atoms with Crippen molar-refractivity contribution in [2.45, 2.75) is 32.8 Å². The number of aryl methyl sites for hydroxylation is 3. The van der Waals surface area contributed by atoms with Crippen LogP contribution in [-0.4, -0.2) is 12.6 Å². The van der Waals surface area contributed by atoms with Gasteiger partial charge in [0.15, 0.2) is 20.9 Å². The summed E-state index contributed by atoms with van der Waals surface area (Å²) in [6.07, 6.45) is 1.61. The lowest BCUT2D eigenvalue weighted by Crippen LogP contribution is -2.17. The number of rotatable bonds is 5. The Bertz CT molecular complexity index is 1500. The summed E-state index contributed by atoms with van der Waals surface area (Å²) in [7, 11) is -0.154. The van der Waals surface area contributed by atoms with Gasteiger partial charge in [0.05, 0.1) is 0 Å². The van der Waals surface area contributed by atoms with Crippen LogP contribution in [0.1, 0.15) is 34.8 Å². The van der Waals surface area contributed by atoms with Crippen LogP contribution in [0.25, 0.3) is 25.1 Å². The summed E-state index contributed by atoms with van der Waals surface area (Å²) in [6.45, 7) is 4.03. The van der Waals surface area contributed by atoms with Gasteiger partial charge < -0.3 is 9.47 Å². The number of hydrogen-bond donors (Lipinski definition) is 0. The minimum Gasteiger partial charge on any atom is -0.481 e. The third-order valence-electron chi connectivity index (χ3n) is 6.86. The Morgan fingerprint density at radius 3 is 2.14 bits per heavy atom. The van der Waals surface area contributed by atoms with Crippen LogP contribution in [0.4, 0.5) is 0 Å². The number of benzene rings is 4. The molecule has 1 heterocycles. The standard InChI is InChI=1S/C31H27O3S/c1-20-17-23(35-28-13-7-5-11-25(28)26-12-6-8-14-29(26)35)18-21(2)31(20)33-19-30(32)34-27-16-15-22-9-3-4-10-24(22)27/h3-14,17-18,27H,15-16,19H2,1-2H3/q+1. The third-order valence-corrected chi connectivity index (χ3v) is 9.16. The molecule has 0 fully saturated rings. The van der Waals surface area contributed by atoms with Crippen LogP contribution in [0.5, 0.6) is 5.75 Å². The second kappa shape index (κ2) is 8.86. The van der Waals surface area contributed by atoms with Gasteiger partial charge in [0.25, 0.3) is 0 Å². The molecule has 0 aliphatic heterocycles. The highest BCUT2D eigenvalue weighted by Gasteiger charge is 2.27. The molecule has 1 aliphatic carbocycles. The quantitative estimate of drug-likeness (QED) is 0.189. The van der Waals surface area contributed by atoms with E-state index in [2.05, 4.69) is 80.6 Å². The number of esters is 1. The van der Waals surface area contributed by atoms with Crippen LogP contribution in [0.15, 0.2) is 84.9 Å². The smallest absolute Gasteiger partial charge is 0.344 e. The Labute approximate surface area is 207 Å². The van der Waals surface area contributed by atoms with Gasteiger partial charge in [0.2, 0.25) is 0 Å². The van der Waals surface area contributed by atoms with Crippen LogP contribution in [0.2, 0.25) is 0 Å². The number of thiophene rings is 1. The first-order chi connectivity index (χ1) is 17.1. The first-order valence-corrected chi connectivity index (χ1v) is 13.3. The fourth-order valence-electron chi connectivity index (χ4n) is 5.33. The highest BCUT2D eigenvalue weighted by molar-refractivity contribution is 7.50. The van der Waals surface area contributed by atoms with E-state index in [-0.39, 0.29) is 29.2 Å². The number of fused-ring (bicyclic) bond motifs is 4. The van der Waals surface area contributed by atoms with Crippen molar-refractivity contribution in [2.24, 2.45) is 0 Å². The largest absolute Gasteiger partial charge is 0.481 e. The van der Waals surface area contributed by atoms with E-state index in [9.17, 15) is 4.79 Å². The van der Waals surface area contributed by atoms with Crippen LogP contribution in [-0.2, 0) is 16.0 Å². The van der Waals surface area contributed by atoms with E-state index in [4.69, 9.17) is 9.47 Å². The Morgan fingerprint density at radius 2 is 1.46 bits per heavy atom. The van der Waals surface area contributed by atoms with E-state index in [0.29, 0.717) is 0 Å². The van der Waals surface area contributed by atoms with Crippen molar-refractivity contribution >= 4 is 36.6 Å². The Hall–Kier alpha value is -3.63. The summed E-state index contributed by atoms with van der Waals surface area (Å²) in [4.78, 5) is 13.9. The predicted octanol–water partition coefficient (Wildman–Crippen LogP) is 7.96. The van der Waals surface area contributed by atoms with E-state index in [1.807, 2.05) is 18.2 Å². The van der Waals surface area contributed by atoms with Crippen LogP contribution in [0.3, 0.4) is 0 Å². The predicted molar refractivity (Wildman–Crippen MR) is 144 cm³/mol.